The van der Waals surface area contributed by atoms with Gasteiger partial charge in [-0.05, 0) is 24.6 Å². The fraction of sp³-hybridized carbons (Fsp3) is 0.385. The van der Waals surface area contributed by atoms with Crippen LogP contribution in [-0.2, 0) is 14.6 Å². The fourth-order valence-electron chi connectivity index (χ4n) is 1.72. The van der Waals surface area contributed by atoms with Gasteiger partial charge in [0, 0.05) is 11.8 Å². The second kappa shape index (κ2) is 6.91. The molecule has 6 nitrogen and oxygen atoms in total. The smallest absolute Gasteiger partial charge is 0.326 e. The van der Waals surface area contributed by atoms with Crippen LogP contribution in [-0.4, -0.2) is 37.7 Å². The monoisotopic (exact) mass is 333 g/mol. The average Bonchev–Trinajstić information content (AvgIpc) is 2.37. The van der Waals surface area contributed by atoms with Crippen LogP contribution < -0.4 is 5.32 Å². The molecule has 1 unspecified atom stereocenters. The van der Waals surface area contributed by atoms with E-state index in [1.54, 1.807) is 6.92 Å². The Morgan fingerprint density at radius 1 is 1.38 bits per heavy atom. The van der Waals surface area contributed by atoms with E-state index in [0.29, 0.717) is 6.42 Å². The lowest BCUT2D eigenvalue weighted by atomic mass is 10.1. The molecule has 0 bridgehead atoms. The van der Waals surface area contributed by atoms with Crippen LogP contribution in [0.2, 0.25) is 5.02 Å². The molecular weight excluding hydrogens is 318 g/mol. The van der Waals surface area contributed by atoms with E-state index in [9.17, 15) is 18.0 Å². The lowest BCUT2D eigenvalue weighted by Crippen LogP contribution is -2.40. The van der Waals surface area contributed by atoms with Gasteiger partial charge in [0.1, 0.15) is 6.04 Å². The van der Waals surface area contributed by atoms with Crippen molar-refractivity contribution < 1.29 is 23.1 Å². The van der Waals surface area contributed by atoms with Gasteiger partial charge in [0.2, 0.25) is 0 Å². The molecule has 1 aromatic rings. The van der Waals surface area contributed by atoms with Gasteiger partial charge in [-0.25, -0.2) is 13.2 Å². The first kappa shape index (κ1) is 17.5. The summed E-state index contributed by atoms with van der Waals surface area (Å²) >= 11 is 5.79. The van der Waals surface area contributed by atoms with Crippen LogP contribution in [0, 0.1) is 0 Å². The van der Waals surface area contributed by atoms with Crippen molar-refractivity contribution in [1.29, 1.82) is 0 Å². The number of carboxylic acids is 1. The van der Waals surface area contributed by atoms with Gasteiger partial charge in [-0.3, -0.25) is 4.79 Å². The van der Waals surface area contributed by atoms with Crippen LogP contribution in [0.5, 0.6) is 0 Å². The molecule has 0 aliphatic carbocycles. The van der Waals surface area contributed by atoms with Gasteiger partial charge in [-0.2, -0.15) is 0 Å². The van der Waals surface area contributed by atoms with Crippen LogP contribution in [0.4, 0.5) is 0 Å². The second-order valence-corrected chi connectivity index (χ2v) is 6.96. The van der Waals surface area contributed by atoms with Crippen molar-refractivity contribution in [3.05, 3.63) is 28.8 Å². The fourth-order valence-corrected chi connectivity index (χ4v) is 3.02. The summed E-state index contributed by atoms with van der Waals surface area (Å²) < 4.78 is 23.1. The SMILES string of the molecule is CCCC(NC(=O)c1ccc(Cl)c(S(C)(=O)=O)c1)C(=O)O. The maximum Gasteiger partial charge on any atom is 0.326 e. The first-order valence-electron chi connectivity index (χ1n) is 6.20. The highest BCUT2D eigenvalue weighted by atomic mass is 35.5. The Morgan fingerprint density at radius 2 is 2.00 bits per heavy atom. The van der Waals surface area contributed by atoms with Gasteiger partial charge < -0.3 is 10.4 Å². The van der Waals surface area contributed by atoms with Gasteiger partial charge >= 0.3 is 5.97 Å². The Hall–Kier alpha value is -1.60. The predicted octanol–water partition coefficient (Wildman–Crippen LogP) is 1.73. The zero-order valence-corrected chi connectivity index (χ0v) is 13.2. The van der Waals surface area contributed by atoms with Gasteiger partial charge in [0.05, 0.1) is 9.92 Å². The van der Waals surface area contributed by atoms with Crippen molar-refractivity contribution in [3.63, 3.8) is 0 Å². The molecule has 0 saturated heterocycles. The molecule has 1 rings (SSSR count). The van der Waals surface area contributed by atoms with Gasteiger partial charge in [-0.15, -0.1) is 0 Å². The number of aliphatic carboxylic acids is 1. The third-order valence-electron chi connectivity index (χ3n) is 2.77. The molecule has 8 heteroatoms. The third-order valence-corrected chi connectivity index (χ3v) is 4.35. The van der Waals surface area contributed by atoms with Crippen molar-refractivity contribution in [2.24, 2.45) is 0 Å². The Bertz CT molecular complexity index is 657. The number of hydrogen-bond acceptors (Lipinski definition) is 4. The number of nitrogens with one attached hydrogen (secondary N) is 1. The van der Waals surface area contributed by atoms with E-state index in [1.165, 1.54) is 12.1 Å². The van der Waals surface area contributed by atoms with Crippen molar-refractivity contribution >= 4 is 33.3 Å². The van der Waals surface area contributed by atoms with E-state index in [1.807, 2.05) is 0 Å². The van der Waals surface area contributed by atoms with Crippen molar-refractivity contribution in [3.8, 4) is 0 Å². The highest BCUT2D eigenvalue weighted by molar-refractivity contribution is 7.90. The zero-order valence-electron chi connectivity index (χ0n) is 11.6. The molecule has 1 atom stereocenters. The normalized spacial score (nSPS) is 12.7. The highest BCUT2D eigenvalue weighted by Crippen LogP contribution is 2.22. The second-order valence-electron chi connectivity index (χ2n) is 4.57. The number of carboxylic acid groups (broad SMARTS) is 1. The minimum atomic E-state index is -3.57. The summed E-state index contributed by atoms with van der Waals surface area (Å²) in [5, 5.41) is 11.4. The number of benzene rings is 1. The molecule has 0 radical (unpaired) electrons. The zero-order chi connectivity index (χ0) is 16.2. The molecule has 0 aromatic heterocycles. The average molecular weight is 334 g/mol. The molecule has 0 aliphatic rings. The molecule has 2 N–H and O–H groups in total. The standard InChI is InChI=1S/C13H16ClNO5S/c1-3-4-10(13(17)18)15-12(16)8-5-6-9(14)11(7-8)21(2,19)20/h5-7,10H,3-4H2,1-2H3,(H,15,16)(H,17,18). The summed E-state index contributed by atoms with van der Waals surface area (Å²) in [5.74, 6) is -1.79. The maximum atomic E-state index is 12.0. The summed E-state index contributed by atoms with van der Waals surface area (Å²) in [5.41, 5.74) is 0.0437. The molecule has 21 heavy (non-hydrogen) atoms. The lowest BCUT2D eigenvalue weighted by molar-refractivity contribution is -0.139. The van der Waals surface area contributed by atoms with Crippen LogP contribution in [0.3, 0.4) is 0 Å². The van der Waals surface area contributed by atoms with Gasteiger partial charge in [0.15, 0.2) is 9.84 Å². The van der Waals surface area contributed by atoms with Crippen molar-refractivity contribution in [1.82, 2.24) is 5.32 Å². The minimum absolute atomic E-state index is 0.0115. The number of hydrogen-bond donors (Lipinski definition) is 2. The molecule has 0 aliphatic heterocycles. The van der Waals surface area contributed by atoms with E-state index in [-0.39, 0.29) is 21.9 Å². The molecular formula is C13H16ClNO5S. The topological polar surface area (TPSA) is 101 Å². The predicted molar refractivity (Wildman–Crippen MR) is 78.4 cm³/mol. The lowest BCUT2D eigenvalue weighted by Gasteiger charge is -2.14. The summed E-state index contributed by atoms with van der Waals surface area (Å²) in [4.78, 5) is 22.8. The van der Waals surface area contributed by atoms with Gasteiger partial charge in [0.25, 0.3) is 5.91 Å². The number of halogens is 1. The largest absolute Gasteiger partial charge is 0.480 e. The van der Waals surface area contributed by atoms with E-state index in [2.05, 4.69) is 5.32 Å². The van der Waals surface area contributed by atoms with Crippen LogP contribution in [0.15, 0.2) is 23.1 Å². The summed E-state index contributed by atoms with van der Waals surface area (Å²) in [7, 11) is -3.57. The highest BCUT2D eigenvalue weighted by Gasteiger charge is 2.21. The number of carbonyl (C=O) groups excluding carboxylic acids is 1. The minimum Gasteiger partial charge on any atom is -0.480 e. The molecule has 0 saturated carbocycles. The number of rotatable bonds is 6. The molecule has 1 amide bonds. The Kier molecular flexibility index (Phi) is 5.74. The van der Waals surface area contributed by atoms with Crippen LogP contribution in [0.1, 0.15) is 30.1 Å². The van der Waals surface area contributed by atoms with E-state index < -0.39 is 27.8 Å². The Labute approximate surface area is 128 Å². The quantitative estimate of drug-likeness (QED) is 0.825. The van der Waals surface area contributed by atoms with Crippen LogP contribution >= 0.6 is 11.6 Å². The molecule has 0 fully saturated rings. The first-order valence-corrected chi connectivity index (χ1v) is 8.47. The first-order chi connectivity index (χ1) is 9.66. The van der Waals surface area contributed by atoms with Gasteiger partial charge in [-0.1, -0.05) is 24.9 Å². The third kappa shape index (κ3) is 4.71. The maximum absolute atomic E-state index is 12.0. The summed E-state index contributed by atoms with van der Waals surface area (Å²) in [6.07, 6.45) is 1.85. The van der Waals surface area contributed by atoms with E-state index >= 15 is 0 Å². The van der Waals surface area contributed by atoms with Crippen LogP contribution in [0.25, 0.3) is 0 Å². The van der Waals surface area contributed by atoms with E-state index in [0.717, 1.165) is 12.3 Å². The molecule has 0 heterocycles. The van der Waals surface area contributed by atoms with Crippen molar-refractivity contribution in [2.45, 2.75) is 30.7 Å². The Morgan fingerprint density at radius 3 is 2.48 bits per heavy atom. The van der Waals surface area contributed by atoms with Crippen molar-refractivity contribution in [2.75, 3.05) is 6.26 Å². The molecule has 1 aromatic carbocycles. The Balaban J connectivity index is 3.06. The number of carbonyl (C=O) groups is 2. The number of amides is 1. The molecule has 0 spiro atoms. The molecule has 116 valence electrons. The number of sulfone groups is 1. The summed E-state index contributed by atoms with van der Waals surface area (Å²) in [6, 6.07) is 2.76. The van der Waals surface area contributed by atoms with E-state index in [4.69, 9.17) is 16.7 Å². The summed E-state index contributed by atoms with van der Waals surface area (Å²) in [6.45, 7) is 1.80.